The van der Waals surface area contributed by atoms with Crippen molar-refractivity contribution in [1.29, 1.82) is 0 Å². The molecule has 0 radical (unpaired) electrons. The lowest BCUT2D eigenvalue weighted by Crippen LogP contribution is -2.31. The number of aromatic nitrogens is 2. The van der Waals surface area contributed by atoms with E-state index >= 15 is 0 Å². The molecule has 4 rings (SSSR count). The van der Waals surface area contributed by atoms with Gasteiger partial charge >= 0.3 is 5.97 Å². The summed E-state index contributed by atoms with van der Waals surface area (Å²) in [5.41, 5.74) is 7.17. The first-order valence-electron chi connectivity index (χ1n) is 8.87. The van der Waals surface area contributed by atoms with Gasteiger partial charge in [0.05, 0.1) is 22.3 Å². The second-order valence-electron chi connectivity index (χ2n) is 6.75. The first kappa shape index (κ1) is 20.3. The van der Waals surface area contributed by atoms with Gasteiger partial charge in [-0.05, 0) is 35.9 Å². The number of amides is 1. The van der Waals surface area contributed by atoms with Gasteiger partial charge in [0.2, 0.25) is 5.91 Å². The summed E-state index contributed by atoms with van der Waals surface area (Å²) in [5.74, 6) is -0.263. The van der Waals surface area contributed by atoms with Gasteiger partial charge in [-0.25, -0.2) is 15.2 Å². The zero-order chi connectivity index (χ0) is 19.7. The highest BCUT2D eigenvalue weighted by Crippen LogP contribution is 2.21. The van der Waals surface area contributed by atoms with Crippen LogP contribution in [0, 0.1) is 5.92 Å². The highest BCUT2D eigenvalue weighted by Gasteiger charge is 2.21. The molecule has 0 saturated carbocycles. The standard InChI is InChI=1S/C21H18N4O3.ClH/c1-12-10-19(26)24-25-20(12)15-7-8-16-17(11-15)23-18(22-16)9-4-13-2-5-14(6-3-13)21(27)28;/h2-9,11-12H,10H2,1H3,(H,22,23)(H,24,26)(H,27,28);1H. The van der Waals surface area contributed by atoms with Crippen molar-refractivity contribution in [2.45, 2.75) is 13.3 Å². The summed E-state index contributed by atoms with van der Waals surface area (Å²) in [6.45, 7) is 1.98. The fourth-order valence-corrected chi connectivity index (χ4v) is 3.18. The number of aromatic carboxylic acids is 1. The molecule has 3 N–H and O–H groups in total. The molecule has 2 aromatic carbocycles. The molecule has 7 nitrogen and oxygen atoms in total. The van der Waals surface area contributed by atoms with Crippen molar-refractivity contribution in [3.63, 3.8) is 0 Å². The van der Waals surface area contributed by atoms with Crippen LogP contribution in [0.4, 0.5) is 0 Å². The maximum absolute atomic E-state index is 11.4. The number of hydrogen-bond acceptors (Lipinski definition) is 4. The second kappa shape index (κ2) is 8.28. The predicted octanol–water partition coefficient (Wildman–Crippen LogP) is 3.71. The minimum Gasteiger partial charge on any atom is -0.478 e. The van der Waals surface area contributed by atoms with Crippen molar-refractivity contribution in [3.05, 3.63) is 65.0 Å². The van der Waals surface area contributed by atoms with Crippen molar-refractivity contribution < 1.29 is 14.7 Å². The van der Waals surface area contributed by atoms with Crippen molar-refractivity contribution in [2.75, 3.05) is 0 Å². The molecule has 1 aliphatic rings. The van der Waals surface area contributed by atoms with E-state index in [0.717, 1.165) is 27.9 Å². The normalized spacial score (nSPS) is 16.4. The molecule has 0 aliphatic carbocycles. The molecule has 2 heterocycles. The number of carboxylic acid groups (broad SMARTS) is 1. The van der Waals surface area contributed by atoms with Gasteiger partial charge < -0.3 is 10.1 Å². The van der Waals surface area contributed by atoms with Crippen molar-refractivity contribution in [2.24, 2.45) is 11.0 Å². The summed E-state index contributed by atoms with van der Waals surface area (Å²) >= 11 is 0. The number of fused-ring (bicyclic) bond motifs is 1. The number of H-pyrrole nitrogens is 1. The van der Waals surface area contributed by atoms with Crippen molar-refractivity contribution >= 4 is 53.2 Å². The van der Waals surface area contributed by atoms with Crippen LogP contribution in [0.5, 0.6) is 0 Å². The number of rotatable bonds is 4. The van der Waals surface area contributed by atoms with Gasteiger partial charge in [0.25, 0.3) is 0 Å². The number of carbonyl (C=O) groups is 2. The first-order valence-corrected chi connectivity index (χ1v) is 8.87. The molecule has 1 amide bonds. The highest BCUT2D eigenvalue weighted by molar-refractivity contribution is 6.07. The van der Waals surface area contributed by atoms with E-state index in [9.17, 15) is 9.59 Å². The molecule has 1 aliphatic heterocycles. The van der Waals surface area contributed by atoms with E-state index in [1.807, 2.05) is 37.3 Å². The van der Waals surface area contributed by atoms with Gasteiger partial charge in [0.15, 0.2) is 0 Å². The van der Waals surface area contributed by atoms with Crippen LogP contribution in [-0.4, -0.2) is 32.7 Å². The average molecular weight is 411 g/mol. The quantitative estimate of drug-likeness (QED) is 0.609. The highest BCUT2D eigenvalue weighted by atomic mass is 35.5. The van der Waals surface area contributed by atoms with E-state index in [-0.39, 0.29) is 29.8 Å². The lowest BCUT2D eigenvalue weighted by Gasteiger charge is -2.18. The molecule has 29 heavy (non-hydrogen) atoms. The number of imidazole rings is 1. The molecule has 148 valence electrons. The fraction of sp³-hybridized carbons (Fsp3) is 0.143. The lowest BCUT2D eigenvalue weighted by atomic mass is 9.94. The average Bonchev–Trinajstić information content (AvgIpc) is 3.09. The van der Waals surface area contributed by atoms with Gasteiger partial charge in [-0.3, -0.25) is 4.79 Å². The Balaban J connectivity index is 0.00000240. The van der Waals surface area contributed by atoms with Crippen molar-refractivity contribution in [1.82, 2.24) is 15.4 Å². The smallest absolute Gasteiger partial charge is 0.335 e. The summed E-state index contributed by atoms with van der Waals surface area (Å²) in [6.07, 6.45) is 4.13. The van der Waals surface area contributed by atoms with Gasteiger partial charge in [0, 0.05) is 17.9 Å². The summed E-state index contributed by atoms with van der Waals surface area (Å²) in [4.78, 5) is 30.2. The predicted molar refractivity (Wildman–Crippen MR) is 114 cm³/mol. The third-order valence-electron chi connectivity index (χ3n) is 4.65. The van der Waals surface area contributed by atoms with Crippen LogP contribution >= 0.6 is 12.4 Å². The maximum Gasteiger partial charge on any atom is 0.335 e. The van der Waals surface area contributed by atoms with Crippen LogP contribution < -0.4 is 5.43 Å². The Kier molecular flexibility index (Phi) is 5.79. The van der Waals surface area contributed by atoms with Crippen LogP contribution in [0.3, 0.4) is 0 Å². The topological polar surface area (TPSA) is 107 Å². The summed E-state index contributed by atoms with van der Waals surface area (Å²) in [7, 11) is 0. The summed E-state index contributed by atoms with van der Waals surface area (Å²) < 4.78 is 0. The molecule has 0 fully saturated rings. The van der Waals surface area contributed by atoms with E-state index in [2.05, 4.69) is 20.5 Å². The molecule has 0 saturated heterocycles. The van der Waals surface area contributed by atoms with E-state index < -0.39 is 5.97 Å². The van der Waals surface area contributed by atoms with Crippen LogP contribution in [0.2, 0.25) is 0 Å². The van der Waals surface area contributed by atoms with Crippen LogP contribution in [0.1, 0.15) is 40.7 Å². The molecular weight excluding hydrogens is 392 g/mol. The zero-order valence-corrected chi connectivity index (χ0v) is 16.4. The number of carbonyl (C=O) groups excluding carboxylic acids is 1. The Morgan fingerprint density at radius 1 is 1.17 bits per heavy atom. The van der Waals surface area contributed by atoms with Gasteiger partial charge in [-0.15, -0.1) is 12.4 Å². The minimum absolute atomic E-state index is 0. The van der Waals surface area contributed by atoms with E-state index in [1.54, 1.807) is 24.3 Å². The molecule has 8 heteroatoms. The number of aromatic amines is 1. The number of hydrazone groups is 1. The second-order valence-corrected chi connectivity index (χ2v) is 6.75. The van der Waals surface area contributed by atoms with E-state index in [4.69, 9.17) is 5.11 Å². The Labute approximate surface area is 173 Å². The minimum atomic E-state index is -0.944. The van der Waals surface area contributed by atoms with Gasteiger partial charge in [-0.2, -0.15) is 5.10 Å². The number of halogens is 1. The van der Waals surface area contributed by atoms with Crippen LogP contribution in [-0.2, 0) is 4.79 Å². The first-order chi connectivity index (χ1) is 13.5. The Bertz CT molecular complexity index is 1130. The third kappa shape index (κ3) is 4.35. The number of carboxylic acids is 1. The number of nitrogens with one attached hydrogen (secondary N) is 2. The van der Waals surface area contributed by atoms with Crippen LogP contribution in [0.15, 0.2) is 47.6 Å². The van der Waals surface area contributed by atoms with Gasteiger partial charge in [0.1, 0.15) is 5.82 Å². The summed E-state index contributed by atoms with van der Waals surface area (Å²) in [5, 5.41) is 13.1. The third-order valence-corrected chi connectivity index (χ3v) is 4.65. The Morgan fingerprint density at radius 2 is 1.93 bits per heavy atom. The van der Waals surface area contributed by atoms with E-state index in [0.29, 0.717) is 12.2 Å². The molecule has 3 aromatic rings. The molecular formula is C21H19ClN4O3. The zero-order valence-electron chi connectivity index (χ0n) is 15.5. The van der Waals surface area contributed by atoms with E-state index in [1.165, 1.54) is 0 Å². The van der Waals surface area contributed by atoms with Crippen LogP contribution in [0.25, 0.3) is 23.2 Å². The Hall–Kier alpha value is -3.45. The van der Waals surface area contributed by atoms with Gasteiger partial charge in [-0.1, -0.05) is 31.2 Å². The molecule has 1 unspecified atom stereocenters. The SMILES string of the molecule is CC1CC(=O)NN=C1c1ccc2[nH]c(C=Cc3ccc(C(=O)O)cc3)nc2c1.Cl. The molecule has 0 spiro atoms. The summed E-state index contributed by atoms with van der Waals surface area (Å²) in [6, 6.07) is 12.5. The molecule has 1 atom stereocenters. The number of hydrogen-bond donors (Lipinski definition) is 3. The lowest BCUT2D eigenvalue weighted by molar-refractivity contribution is -0.121. The fourth-order valence-electron chi connectivity index (χ4n) is 3.18. The van der Waals surface area contributed by atoms with Crippen molar-refractivity contribution in [3.8, 4) is 0 Å². The molecule has 0 bridgehead atoms. The molecule has 1 aromatic heterocycles. The maximum atomic E-state index is 11.4. The Morgan fingerprint density at radius 3 is 2.62 bits per heavy atom. The number of nitrogens with zero attached hydrogens (tertiary/aromatic N) is 2. The largest absolute Gasteiger partial charge is 0.478 e. The monoisotopic (exact) mass is 410 g/mol. The number of benzene rings is 2.